The maximum absolute atomic E-state index is 12.4. The number of carbonyl (C=O) groups is 1. The highest BCUT2D eigenvalue weighted by molar-refractivity contribution is 9.10. The van der Waals surface area contributed by atoms with Crippen LogP contribution in [0.5, 0.6) is 0 Å². The standard InChI is InChI=1S/C15H16BrN3O/c16-12-3-1-11(2-4-12)15(6-7-15)14(20)19-8-5-13-17-9-10-18-13/h1-4,9-10H,5-8H2,(H,17,18)(H,19,20). The van der Waals surface area contributed by atoms with Gasteiger partial charge < -0.3 is 10.3 Å². The number of aromatic nitrogens is 2. The van der Waals surface area contributed by atoms with E-state index >= 15 is 0 Å². The number of aromatic amines is 1. The molecule has 2 aromatic rings. The number of nitrogens with zero attached hydrogens (tertiary/aromatic N) is 1. The molecular formula is C15H16BrN3O. The number of carbonyl (C=O) groups excluding carboxylic acids is 1. The van der Waals surface area contributed by atoms with E-state index in [4.69, 9.17) is 0 Å². The van der Waals surface area contributed by atoms with E-state index in [9.17, 15) is 4.79 Å². The maximum atomic E-state index is 12.4. The predicted octanol–water partition coefficient (Wildman–Crippen LogP) is 2.56. The van der Waals surface area contributed by atoms with E-state index in [0.717, 1.165) is 35.1 Å². The molecule has 0 atom stereocenters. The molecule has 0 bridgehead atoms. The Kier molecular flexibility index (Phi) is 3.61. The number of benzene rings is 1. The number of imidazole rings is 1. The largest absolute Gasteiger partial charge is 0.355 e. The molecule has 5 heteroatoms. The van der Waals surface area contributed by atoms with Gasteiger partial charge in [-0.15, -0.1) is 0 Å². The Hall–Kier alpha value is -1.62. The second-order valence-corrected chi connectivity index (χ2v) is 6.05. The summed E-state index contributed by atoms with van der Waals surface area (Å²) < 4.78 is 1.04. The van der Waals surface area contributed by atoms with Gasteiger partial charge in [-0.05, 0) is 30.5 Å². The van der Waals surface area contributed by atoms with Crippen LogP contribution in [0, 0.1) is 0 Å². The molecule has 2 N–H and O–H groups in total. The molecule has 1 amide bonds. The van der Waals surface area contributed by atoms with Crippen molar-refractivity contribution in [3.63, 3.8) is 0 Å². The van der Waals surface area contributed by atoms with E-state index in [-0.39, 0.29) is 11.3 Å². The first-order valence-corrected chi connectivity index (χ1v) is 7.53. The highest BCUT2D eigenvalue weighted by Crippen LogP contribution is 2.48. The molecule has 0 aliphatic heterocycles. The van der Waals surface area contributed by atoms with Gasteiger partial charge in [0.1, 0.15) is 5.82 Å². The number of rotatable bonds is 5. The van der Waals surface area contributed by atoms with Gasteiger partial charge in [0.25, 0.3) is 0 Å². The van der Waals surface area contributed by atoms with Gasteiger partial charge in [-0.1, -0.05) is 28.1 Å². The van der Waals surface area contributed by atoms with Crippen molar-refractivity contribution in [1.82, 2.24) is 15.3 Å². The molecule has 1 aromatic heterocycles. The van der Waals surface area contributed by atoms with Gasteiger partial charge in [0.15, 0.2) is 0 Å². The van der Waals surface area contributed by atoms with Gasteiger partial charge in [-0.2, -0.15) is 0 Å². The monoisotopic (exact) mass is 333 g/mol. The third-order valence-electron chi connectivity index (χ3n) is 3.78. The predicted molar refractivity (Wildman–Crippen MR) is 80.4 cm³/mol. The number of H-pyrrole nitrogens is 1. The second kappa shape index (κ2) is 5.40. The summed E-state index contributed by atoms with van der Waals surface area (Å²) in [5.41, 5.74) is 0.806. The Labute approximate surface area is 126 Å². The molecule has 0 unspecified atom stereocenters. The molecule has 1 aliphatic carbocycles. The quantitative estimate of drug-likeness (QED) is 0.883. The lowest BCUT2D eigenvalue weighted by atomic mass is 9.95. The van der Waals surface area contributed by atoms with Crippen LogP contribution in [0.25, 0.3) is 0 Å². The SMILES string of the molecule is O=C(NCCc1ncc[nH]1)C1(c2ccc(Br)cc2)CC1. The summed E-state index contributed by atoms with van der Waals surface area (Å²) in [7, 11) is 0. The lowest BCUT2D eigenvalue weighted by molar-refractivity contribution is -0.123. The Bertz CT molecular complexity index is 588. The molecule has 1 aliphatic rings. The number of nitrogens with one attached hydrogen (secondary N) is 2. The van der Waals surface area contributed by atoms with Crippen LogP contribution in [0.15, 0.2) is 41.1 Å². The van der Waals surface area contributed by atoms with Crippen molar-refractivity contribution < 1.29 is 4.79 Å². The zero-order chi connectivity index (χ0) is 14.0. The fraction of sp³-hybridized carbons (Fsp3) is 0.333. The Morgan fingerprint density at radius 2 is 2.10 bits per heavy atom. The molecule has 104 valence electrons. The van der Waals surface area contributed by atoms with E-state index in [1.807, 2.05) is 24.3 Å². The number of hydrogen-bond acceptors (Lipinski definition) is 2. The Morgan fingerprint density at radius 3 is 2.70 bits per heavy atom. The summed E-state index contributed by atoms with van der Waals surface area (Å²) in [6.07, 6.45) is 6.11. The van der Waals surface area contributed by atoms with Gasteiger partial charge in [0.05, 0.1) is 5.41 Å². The molecule has 0 spiro atoms. The molecule has 1 heterocycles. The minimum absolute atomic E-state index is 0.131. The lowest BCUT2D eigenvalue weighted by Gasteiger charge is -2.15. The van der Waals surface area contributed by atoms with Crippen molar-refractivity contribution in [2.45, 2.75) is 24.7 Å². The van der Waals surface area contributed by atoms with Crippen LogP contribution in [0.2, 0.25) is 0 Å². The minimum Gasteiger partial charge on any atom is -0.355 e. The van der Waals surface area contributed by atoms with Gasteiger partial charge in [-0.25, -0.2) is 4.98 Å². The van der Waals surface area contributed by atoms with E-state index in [1.165, 1.54) is 0 Å². The Balaban J connectivity index is 1.60. The minimum atomic E-state index is -0.302. The third kappa shape index (κ3) is 2.63. The van der Waals surface area contributed by atoms with Gasteiger partial charge in [0.2, 0.25) is 5.91 Å². The number of hydrogen-bond donors (Lipinski definition) is 2. The van der Waals surface area contributed by atoms with Crippen LogP contribution in [0.4, 0.5) is 0 Å². The first kappa shape index (κ1) is 13.4. The van der Waals surface area contributed by atoms with Crippen molar-refractivity contribution in [3.05, 3.63) is 52.5 Å². The first-order chi connectivity index (χ1) is 9.71. The van der Waals surface area contributed by atoms with Crippen molar-refractivity contribution >= 4 is 21.8 Å². The van der Waals surface area contributed by atoms with Crippen LogP contribution in [0.1, 0.15) is 24.2 Å². The molecular weight excluding hydrogens is 318 g/mol. The highest BCUT2D eigenvalue weighted by Gasteiger charge is 2.50. The lowest BCUT2D eigenvalue weighted by Crippen LogP contribution is -2.36. The molecule has 4 nitrogen and oxygen atoms in total. The van der Waals surface area contributed by atoms with Crippen LogP contribution in [-0.2, 0) is 16.6 Å². The van der Waals surface area contributed by atoms with Gasteiger partial charge in [-0.3, -0.25) is 4.79 Å². The van der Waals surface area contributed by atoms with Crippen molar-refractivity contribution in [2.24, 2.45) is 0 Å². The Morgan fingerprint density at radius 1 is 1.35 bits per heavy atom. The van der Waals surface area contributed by atoms with Gasteiger partial charge in [0, 0.05) is 29.8 Å². The fourth-order valence-corrected chi connectivity index (χ4v) is 2.70. The fourth-order valence-electron chi connectivity index (χ4n) is 2.44. The second-order valence-electron chi connectivity index (χ2n) is 5.13. The van der Waals surface area contributed by atoms with E-state index in [1.54, 1.807) is 12.4 Å². The topological polar surface area (TPSA) is 57.8 Å². The van der Waals surface area contributed by atoms with Crippen LogP contribution in [-0.4, -0.2) is 22.4 Å². The van der Waals surface area contributed by atoms with Gasteiger partial charge >= 0.3 is 0 Å². The molecule has 1 saturated carbocycles. The molecule has 1 aromatic carbocycles. The summed E-state index contributed by atoms with van der Waals surface area (Å²) in [4.78, 5) is 19.6. The summed E-state index contributed by atoms with van der Waals surface area (Å²) in [6, 6.07) is 8.05. The zero-order valence-corrected chi connectivity index (χ0v) is 12.6. The van der Waals surface area contributed by atoms with E-state index in [2.05, 4.69) is 31.2 Å². The average molecular weight is 334 g/mol. The van der Waals surface area contributed by atoms with Crippen LogP contribution in [0.3, 0.4) is 0 Å². The smallest absolute Gasteiger partial charge is 0.230 e. The van der Waals surface area contributed by atoms with E-state index < -0.39 is 0 Å². The van der Waals surface area contributed by atoms with Crippen LogP contribution >= 0.6 is 15.9 Å². The number of halogens is 1. The zero-order valence-electron chi connectivity index (χ0n) is 11.0. The summed E-state index contributed by atoms with van der Waals surface area (Å²) >= 11 is 3.42. The molecule has 0 saturated heterocycles. The van der Waals surface area contributed by atoms with E-state index in [0.29, 0.717) is 6.54 Å². The summed E-state index contributed by atoms with van der Waals surface area (Å²) in [5, 5.41) is 3.03. The number of amides is 1. The molecule has 3 rings (SSSR count). The highest BCUT2D eigenvalue weighted by atomic mass is 79.9. The van der Waals surface area contributed by atoms with Crippen LogP contribution < -0.4 is 5.32 Å². The van der Waals surface area contributed by atoms with Crippen molar-refractivity contribution in [2.75, 3.05) is 6.54 Å². The average Bonchev–Trinajstić information content (AvgIpc) is 3.10. The normalized spacial score (nSPS) is 15.8. The first-order valence-electron chi connectivity index (χ1n) is 6.73. The molecule has 20 heavy (non-hydrogen) atoms. The molecule has 0 radical (unpaired) electrons. The van der Waals surface area contributed by atoms with Crippen molar-refractivity contribution in [1.29, 1.82) is 0 Å². The molecule has 1 fully saturated rings. The van der Waals surface area contributed by atoms with Crippen molar-refractivity contribution in [3.8, 4) is 0 Å². The summed E-state index contributed by atoms with van der Waals surface area (Å²) in [5.74, 6) is 1.03. The maximum Gasteiger partial charge on any atom is 0.230 e. The third-order valence-corrected chi connectivity index (χ3v) is 4.31. The summed E-state index contributed by atoms with van der Waals surface area (Å²) in [6.45, 7) is 0.616.